The molecule has 5 aromatic rings. The standard InChI is InChI=1S/C25H20N6O/c26-24-23(19-9-10-28-21(14-19)18-6-2-1-3-7-18)31-22(30-24)13-17(15-29-31)11-16-5-4-8-20(12-16)25(27)32/h1-10,12-15H,11,26H2,(H2,27,32). The van der Waals surface area contributed by atoms with Gasteiger partial charge < -0.3 is 11.5 Å². The molecule has 156 valence electrons. The molecule has 0 aliphatic heterocycles. The summed E-state index contributed by atoms with van der Waals surface area (Å²) in [7, 11) is 0. The highest BCUT2D eigenvalue weighted by Crippen LogP contribution is 2.29. The second kappa shape index (κ2) is 7.96. The molecule has 0 atom stereocenters. The molecule has 0 aliphatic carbocycles. The van der Waals surface area contributed by atoms with Crippen molar-refractivity contribution in [1.82, 2.24) is 19.6 Å². The summed E-state index contributed by atoms with van der Waals surface area (Å²) in [5, 5.41) is 4.60. The van der Waals surface area contributed by atoms with E-state index in [0.717, 1.165) is 33.6 Å². The number of pyridine rings is 1. The number of carbonyl (C=O) groups is 1. The second-order valence-electron chi connectivity index (χ2n) is 7.52. The molecule has 7 nitrogen and oxygen atoms in total. The minimum Gasteiger partial charge on any atom is -0.382 e. The number of aromatic nitrogens is 4. The monoisotopic (exact) mass is 420 g/mol. The van der Waals surface area contributed by atoms with E-state index < -0.39 is 5.91 Å². The van der Waals surface area contributed by atoms with Crippen LogP contribution in [0.25, 0.3) is 28.2 Å². The fourth-order valence-electron chi connectivity index (χ4n) is 3.77. The number of benzene rings is 2. The zero-order chi connectivity index (χ0) is 22.1. The molecule has 2 aromatic carbocycles. The van der Waals surface area contributed by atoms with Gasteiger partial charge in [0.1, 0.15) is 5.69 Å². The number of nitrogens with zero attached hydrogens (tertiary/aromatic N) is 4. The number of rotatable bonds is 5. The molecule has 4 N–H and O–H groups in total. The van der Waals surface area contributed by atoms with Crippen molar-refractivity contribution in [3.63, 3.8) is 0 Å². The molecule has 1 amide bonds. The summed E-state index contributed by atoms with van der Waals surface area (Å²) in [5.41, 5.74) is 18.2. The zero-order valence-electron chi connectivity index (χ0n) is 17.1. The van der Waals surface area contributed by atoms with Gasteiger partial charge in [0, 0.05) is 22.9 Å². The highest BCUT2D eigenvalue weighted by molar-refractivity contribution is 5.92. The summed E-state index contributed by atoms with van der Waals surface area (Å²) >= 11 is 0. The molecule has 0 saturated carbocycles. The average Bonchev–Trinajstić information content (AvgIpc) is 3.15. The Bertz CT molecular complexity index is 1440. The van der Waals surface area contributed by atoms with E-state index in [4.69, 9.17) is 11.5 Å². The summed E-state index contributed by atoms with van der Waals surface area (Å²) in [5.74, 6) is -0.0473. The number of hydrogen-bond donors (Lipinski definition) is 2. The van der Waals surface area contributed by atoms with Crippen LogP contribution >= 0.6 is 0 Å². The van der Waals surface area contributed by atoms with Crippen LogP contribution in [0.3, 0.4) is 0 Å². The maximum Gasteiger partial charge on any atom is 0.248 e. The molecule has 0 fully saturated rings. The summed E-state index contributed by atoms with van der Waals surface area (Å²) in [6.45, 7) is 0. The molecular formula is C25H20N6O. The van der Waals surface area contributed by atoms with Crippen molar-refractivity contribution >= 4 is 17.4 Å². The van der Waals surface area contributed by atoms with Gasteiger partial charge in [0.05, 0.1) is 11.9 Å². The van der Waals surface area contributed by atoms with Crippen LogP contribution in [-0.2, 0) is 6.42 Å². The predicted molar refractivity (Wildman–Crippen MR) is 124 cm³/mol. The van der Waals surface area contributed by atoms with Gasteiger partial charge in [0.2, 0.25) is 5.91 Å². The molecule has 0 unspecified atom stereocenters. The normalized spacial score (nSPS) is 11.0. The minimum absolute atomic E-state index is 0.399. The Kier molecular flexibility index (Phi) is 4.84. The van der Waals surface area contributed by atoms with E-state index in [2.05, 4.69) is 15.1 Å². The Labute approximate surface area is 184 Å². The number of hydrogen-bond acceptors (Lipinski definition) is 5. The van der Waals surface area contributed by atoms with Crippen LogP contribution in [0.1, 0.15) is 21.5 Å². The highest BCUT2D eigenvalue weighted by atomic mass is 16.1. The number of anilines is 1. The fourth-order valence-corrected chi connectivity index (χ4v) is 3.77. The number of carbonyl (C=O) groups excluding carboxylic acids is 1. The van der Waals surface area contributed by atoms with Gasteiger partial charge in [-0.05, 0) is 47.9 Å². The van der Waals surface area contributed by atoms with Crippen LogP contribution in [0.15, 0.2) is 85.2 Å². The van der Waals surface area contributed by atoms with Crippen molar-refractivity contribution in [2.75, 3.05) is 5.73 Å². The molecule has 0 aliphatic rings. The van der Waals surface area contributed by atoms with Crippen molar-refractivity contribution in [3.05, 3.63) is 102 Å². The van der Waals surface area contributed by atoms with Gasteiger partial charge in [0.25, 0.3) is 0 Å². The maximum absolute atomic E-state index is 11.4. The first-order chi connectivity index (χ1) is 15.6. The summed E-state index contributed by atoms with van der Waals surface area (Å²) in [6, 6.07) is 23.1. The van der Waals surface area contributed by atoms with E-state index in [1.807, 2.05) is 60.7 Å². The Morgan fingerprint density at radius 1 is 0.906 bits per heavy atom. The average molecular weight is 420 g/mol. The van der Waals surface area contributed by atoms with Crippen LogP contribution < -0.4 is 11.5 Å². The van der Waals surface area contributed by atoms with Gasteiger partial charge in [-0.15, -0.1) is 0 Å². The van der Waals surface area contributed by atoms with E-state index >= 15 is 0 Å². The Morgan fingerprint density at radius 2 is 1.75 bits per heavy atom. The van der Waals surface area contributed by atoms with Crippen LogP contribution in [0.4, 0.5) is 5.82 Å². The van der Waals surface area contributed by atoms with Crippen molar-refractivity contribution in [1.29, 1.82) is 0 Å². The topological polar surface area (TPSA) is 112 Å². The van der Waals surface area contributed by atoms with Crippen LogP contribution in [0.5, 0.6) is 0 Å². The highest BCUT2D eigenvalue weighted by Gasteiger charge is 2.15. The molecule has 0 spiro atoms. The summed E-state index contributed by atoms with van der Waals surface area (Å²) < 4.78 is 1.74. The lowest BCUT2D eigenvalue weighted by Gasteiger charge is -2.07. The quantitative estimate of drug-likeness (QED) is 0.450. The third-order valence-corrected chi connectivity index (χ3v) is 5.28. The lowest BCUT2D eigenvalue weighted by molar-refractivity contribution is 0.1000. The third kappa shape index (κ3) is 3.67. The molecule has 32 heavy (non-hydrogen) atoms. The molecule has 3 aromatic heterocycles. The van der Waals surface area contributed by atoms with Crippen molar-refractivity contribution in [2.45, 2.75) is 6.42 Å². The number of fused-ring (bicyclic) bond motifs is 1. The molecule has 3 heterocycles. The number of primary amides is 1. The van der Waals surface area contributed by atoms with Gasteiger partial charge >= 0.3 is 0 Å². The molecule has 5 rings (SSSR count). The van der Waals surface area contributed by atoms with Gasteiger partial charge in [-0.1, -0.05) is 42.5 Å². The third-order valence-electron chi connectivity index (χ3n) is 5.28. The fraction of sp³-hybridized carbons (Fsp3) is 0.0400. The predicted octanol–water partition coefficient (Wildman–Crippen LogP) is 3.73. The Morgan fingerprint density at radius 3 is 2.56 bits per heavy atom. The van der Waals surface area contributed by atoms with E-state index in [1.165, 1.54) is 0 Å². The van der Waals surface area contributed by atoms with Gasteiger partial charge in [-0.3, -0.25) is 9.78 Å². The lowest BCUT2D eigenvalue weighted by Crippen LogP contribution is -2.11. The van der Waals surface area contributed by atoms with E-state index in [1.54, 1.807) is 29.0 Å². The molecule has 0 saturated heterocycles. The zero-order valence-corrected chi connectivity index (χ0v) is 17.1. The van der Waals surface area contributed by atoms with Crippen LogP contribution in [0.2, 0.25) is 0 Å². The van der Waals surface area contributed by atoms with Crippen molar-refractivity contribution < 1.29 is 4.79 Å². The number of nitrogens with two attached hydrogens (primary N) is 2. The maximum atomic E-state index is 11.4. The number of amides is 1. The molecule has 7 heteroatoms. The van der Waals surface area contributed by atoms with Gasteiger partial charge in [-0.2, -0.15) is 5.10 Å². The molecular weight excluding hydrogens is 400 g/mol. The first-order valence-electron chi connectivity index (χ1n) is 10.1. The number of nitrogen functional groups attached to an aromatic ring is 1. The largest absolute Gasteiger partial charge is 0.382 e. The van der Waals surface area contributed by atoms with Gasteiger partial charge in [0.15, 0.2) is 11.5 Å². The minimum atomic E-state index is -0.446. The first-order valence-corrected chi connectivity index (χ1v) is 10.1. The van der Waals surface area contributed by atoms with Crippen molar-refractivity contribution in [3.8, 4) is 22.5 Å². The molecule has 0 radical (unpaired) electrons. The van der Waals surface area contributed by atoms with E-state index in [-0.39, 0.29) is 0 Å². The Hall–Kier alpha value is -4.52. The summed E-state index contributed by atoms with van der Waals surface area (Å²) in [6.07, 6.45) is 4.14. The van der Waals surface area contributed by atoms with Crippen LogP contribution in [0, 0.1) is 0 Å². The lowest BCUT2D eigenvalue weighted by atomic mass is 10.0. The van der Waals surface area contributed by atoms with Gasteiger partial charge in [-0.25, -0.2) is 9.50 Å². The smallest absolute Gasteiger partial charge is 0.248 e. The van der Waals surface area contributed by atoms with E-state index in [0.29, 0.717) is 23.4 Å². The first kappa shape index (κ1) is 19.4. The van der Waals surface area contributed by atoms with Crippen molar-refractivity contribution in [2.24, 2.45) is 5.73 Å². The Balaban J connectivity index is 1.51. The van der Waals surface area contributed by atoms with E-state index in [9.17, 15) is 4.79 Å². The SMILES string of the molecule is NC(=O)c1cccc(Cc2cnn3c(-c4ccnc(-c5ccccc5)c4)c(N)nc3c2)c1. The second-order valence-corrected chi connectivity index (χ2v) is 7.52. The summed E-state index contributed by atoms with van der Waals surface area (Å²) in [4.78, 5) is 20.5. The molecule has 0 bridgehead atoms. The van der Waals surface area contributed by atoms with Crippen LogP contribution in [-0.4, -0.2) is 25.5 Å². The number of imidazole rings is 1.